The Morgan fingerprint density at radius 3 is 2.50 bits per heavy atom. The van der Waals surface area contributed by atoms with E-state index in [1.54, 1.807) is 4.90 Å². The molecule has 0 aliphatic carbocycles. The lowest BCUT2D eigenvalue weighted by Crippen LogP contribution is -2.42. The molecule has 2 saturated heterocycles. The molecule has 6 nitrogen and oxygen atoms in total. The Labute approximate surface area is 93.8 Å². The maximum atomic E-state index is 12.0. The van der Waals surface area contributed by atoms with E-state index in [2.05, 4.69) is 10.6 Å². The van der Waals surface area contributed by atoms with Crippen LogP contribution in [-0.2, 0) is 9.53 Å². The molecule has 86 valence electrons. The van der Waals surface area contributed by atoms with Gasteiger partial charge in [-0.1, -0.05) is 0 Å². The fourth-order valence-electron chi connectivity index (χ4n) is 1.75. The van der Waals surface area contributed by atoms with Crippen molar-refractivity contribution in [3.05, 3.63) is 11.4 Å². The molecular weight excluding hydrogens is 208 g/mol. The van der Waals surface area contributed by atoms with Crippen molar-refractivity contribution < 1.29 is 9.53 Å². The lowest BCUT2D eigenvalue weighted by molar-refractivity contribution is -0.130. The number of carbonyl (C=O) groups excluding carboxylic acids is 1. The van der Waals surface area contributed by atoms with Crippen LogP contribution in [0.5, 0.6) is 0 Å². The summed E-state index contributed by atoms with van der Waals surface area (Å²) in [6, 6.07) is 1.96. The van der Waals surface area contributed by atoms with Gasteiger partial charge in [-0.3, -0.25) is 4.79 Å². The molecule has 0 radical (unpaired) electrons. The number of rotatable bonds is 1. The highest BCUT2D eigenvalue weighted by atomic mass is 16.5. The fraction of sp³-hybridized carbons (Fsp3) is 0.600. The molecule has 0 aromatic rings. The predicted molar refractivity (Wildman–Crippen MR) is 56.0 cm³/mol. The van der Waals surface area contributed by atoms with Crippen molar-refractivity contribution in [2.45, 2.75) is 0 Å². The number of morpholine rings is 1. The van der Waals surface area contributed by atoms with Crippen molar-refractivity contribution >= 4 is 5.91 Å². The number of nitrogens with zero attached hydrogens (tertiary/aromatic N) is 2. The minimum Gasteiger partial charge on any atom is -0.378 e. The summed E-state index contributed by atoms with van der Waals surface area (Å²) in [5.41, 5.74) is 0.166. The molecule has 0 aromatic heterocycles. The van der Waals surface area contributed by atoms with Crippen molar-refractivity contribution in [2.24, 2.45) is 0 Å². The minimum atomic E-state index is -0.220. The van der Waals surface area contributed by atoms with Crippen LogP contribution in [0.3, 0.4) is 0 Å². The molecule has 0 aromatic carbocycles. The SMILES string of the molecule is N#CC(C(=O)N1CCOCC1)=C1NCCN1. The van der Waals surface area contributed by atoms with Crippen LogP contribution in [0.25, 0.3) is 0 Å². The molecule has 2 N–H and O–H groups in total. The van der Waals surface area contributed by atoms with Gasteiger partial charge in [0.15, 0.2) is 5.57 Å². The zero-order valence-corrected chi connectivity index (χ0v) is 8.95. The Kier molecular flexibility index (Phi) is 3.27. The second-order valence-corrected chi connectivity index (χ2v) is 3.62. The Bertz CT molecular complexity index is 344. The van der Waals surface area contributed by atoms with Crippen LogP contribution in [0.4, 0.5) is 0 Å². The topological polar surface area (TPSA) is 77.4 Å². The fourth-order valence-corrected chi connectivity index (χ4v) is 1.75. The maximum absolute atomic E-state index is 12.0. The summed E-state index contributed by atoms with van der Waals surface area (Å²) in [6.07, 6.45) is 0. The van der Waals surface area contributed by atoms with Crippen LogP contribution < -0.4 is 10.6 Å². The number of hydrogen-bond acceptors (Lipinski definition) is 5. The largest absolute Gasteiger partial charge is 0.378 e. The molecule has 0 bridgehead atoms. The van der Waals surface area contributed by atoms with E-state index in [1.165, 1.54) is 0 Å². The van der Waals surface area contributed by atoms with Gasteiger partial charge in [0.2, 0.25) is 0 Å². The number of amides is 1. The number of ether oxygens (including phenoxy) is 1. The van der Waals surface area contributed by atoms with Crippen LogP contribution in [0.2, 0.25) is 0 Å². The smallest absolute Gasteiger partial charge is 0.268 e. The van der Waals surface area contributed by atoms with Crippen LogP contribution >= 0.6 is 0 Å². The van der Waals surface area contributed by atoms with Gasteiger partial charge in [0.25, 0.3) is 5.91 Å². The van der Waals surface area contributed by atoms with Gasteiger partial charge < -0.3 is 20.3 Å². The van der Waals surface area contributed by atoms with E-state index in [0.29, 0.717) is 32.1 Å². The van der Waals surface area contributed by atoms with Gasteiger partial charge in [-0.15, -0.1) is 0 Å². The molecule has 0 atom stereocenters. The summed E-state index contributed by atoms with van der Waals surface area (Å²) < 4.78 is 5.16. The second-order valence-electron chi connectivity index (χ2n) is 3.62. The van der Waals surface area contributed by atoms with Gasteiger partial charge >= 0.3 is 0 Å². The Balaban J connectivity index is 2.12. The molecule has 16 heavy (non-hydrogen) atoms. The number of nitrogens with one attached hydrogen (secondary N) is 2. The highest BCUT2D eigenvalue weighted by Crippen LogP contribution is 2.08. The van der Waals surface area contributed by atoms with Crippen molar-refractivity contribution in [3.63, 3.8) is 0 Å². The monoisotopic (exact) mass is 222 g/mol. The standard InChI is InChI=1S/C10H14N4O2/c11-7-8(9-12-1-2-13-9)10(15)14-3-5-16-6-4-14/h12-13H,1-6H2. The minimum absolute atomic E-state index is 0.166. The number of carbonyl (C=O) groups is 1. The lowest BCUT2D eigenvalue weighted by atomic mass is 10.2. The number of nitriles is 1. The summed E-state index contributed by atoms with van der Waals surface area (Å²) in [6.45, 7) is 3.68. The molecule has 6 heteroatoms. The van der Waals surface area contributed by atoms with E-state index < -0.39 is 0 Å². The van der Waals surface area contributed by atoms with Gasteiger partial charge in [-0.25, -0.2) is 0 Å². The molecule has 2 rings (SSSR count). The van der Waals surface area contributed by atoms with E-state index in [4.69, 9.17) is 10.00 Å². The molecular formula is C10H14N4O2. The summed E-state index contributed by atoms with van der Waals surface area (Å²) in [5.74, 6) is 0.335. The summed E-state index contributed by atoms with van der Waals surface area (Å²) in [7, 11) is 0. The van der Waals surface area contributed by atoms with Crippen molar-refractivity contribution in [1.29, 1.82) is 5.26 Å². The summed E-state index contributed by atoms with van der Waals surface area (Å²) in [5, 5.41) is 15.0. The van der Waals surface area contributed by atoms with E-state index in [-0.39, 0.29) is 11.5 Å². The summed E-state index contributed by atoms with van der Waals surface area (Å²) >= 11 is 0. The molecule has 2 aliphatic rings. The Morgan fingerprint density at radius 2 is 1.94 bits per heavy atom. The summed E-state index contributed by atoms with van der Waals surface area (Å²) in [4.78, 5) is 13.7. The molecule has 0 saturated carbocycles. The second kappa shape index (κ2) is 4.86. The highest BCUT2D eigenvalue weighted by Gasteiger charge is 2.24. The van der Waals surface area contributed by atoms with Crippen molar-refractivity contribution in [1.82, 2.24) is 15.5 Å². The maximum Gasteiger partial charge on any atom is 0.268 e. The van der Waals surface area contributed by atoms with Gasteiger partial charge in [-0.2, -0.15) is 5.26 Å². The predicted octanol–water partition coefficient (Wildman–Crippen LogP) is -1.23. The van der Waals surface area contributed by atoms with E-state index in [9.17, 15) is 4.79 Å². The van der Waals surface area contributed by atoms with Crippen LogP contribution in [-0.4, -0.2) is 50.2 Å². The molecule has 2 fully saturated rings. The zero-order chi connectivity index (χ0) is 11.4. The zero-order valence-electron chi connectivity index (χ0n) is 8.95. The van der Waals surface area contributed by atoms with Crippen molar-refractivity contribution in [3.8, 4) is 6.07 Å². The highest BCUT2D eigenvalue weighted by molar-refractivity contribution is 5.98. The van der Waals surface area contributed by atoms with Crippen molar-refractivity contribution in [2.75, 3.05) is 39.4 Å². The average molecular weight is 222 g/mol. The Hall–Kier alpha value is -1.74. The van der Waals surface area contributed by atoms with E-state index >= 15 is 0 Å². The average Bonchev–Trinajstić information content (AvgIpc) is 2.85. The number of hydrogen-bond donors (Lipinski definition) is 2. The lowest BCUT2D eigenvalue weighted by Gasteiger charge is -2.26. The van der Waals surface area contributed by atoms with Crippen LogP contribution in [0.1, 0.15) is 0 Å². The van der Waals surface area contributed by atoms with Gasteiger partial charge in [-0.05, 0) is 0 Å². The first kappa shape index (κ1) is 10.8. The van der Waals surface area contributed by atoms with Gasteiger partial charge in [0.1, 0.15) is 11.9 Å². The molecule has 2 heterocycles. The van der Waals surface area contributed by atoms with Gasteiger partial charge in [0.05, 0.1) is 13.2 Å². The molecule has 2 aliphatic heterocycles. The van der Waals surface area contributed by atoms with Crippen LogP contribution in [0, 0.1) is 11.3 Å². The molecule has 0 spiro atoms. The third-order valence-electron chi connectivity index (χ3n) is 2.60. The first-order valence-electron chi connectivity index (χ1n) is 5.32. The molecule has 0 unspecified atom stereocenters. The normalized spacial score (nSPS) is 19.7. The van der Waals surface area contributed by atoms with E-state index in [0.717, 1.165) is 13.1 Å². The first-order valence-corrected chi connectivity index (χ1v) is 5.32. The van der Waals surface area contributed by atoms with E-state index in [1.807, 2.05) is 6.07 Å². The van der Waals surface area contributed by atoms with Gasteiger partial charge in [0, 0.05) is 26.2 Å². The third kappa shape index (κ3) is 2.09. The van der Waals surface area contributed by atoms with Crippen LogP contribution in [0.15, 0.2) is 11.4 Å². The quantitative estimate of drug-likeness (QED) is 0.429. The first-order chi connectivity index (χ1) is 7.83. The third-order valence-corrected chi connectivity index (χ3v) is 2.60. The Morgan fingerprint density at radius 1 is 1.31 bits per heavy atom. The molecule has 1 amide bonds.